The van der Waals surface area contributed by atoms with E-state index in [4.69, 9.17) is 10.8 Å². The van der Waals surface area contributed by atoms with Crippen LogP contribution < -0.4 is 40.6 Å². The van der Waals surface area contributed by atoms with E-state index in [9.17, 15) is 41.5 Å². The van der Waals surface area contributed by atoms with Gasteiger partial charge in [-0.05, 0) is 72.3 Å². The van der Waals surface area contributed by atoms with Gasteiger partial charge in [-0.15, -0.1) is 0 Å². The Balaban J connectivity index is -0.000000352. The number of benzene rings is 4. The van der Waals surface area contributed by atoms with Crippen molar-refractivity contribution >= 4 is 49.3 Å². The summed E-state index contributed by atoms with van der Waals surface area (Å²) < 4.78 is 60.8. The van der Waals surface area contributed by atoms with E-state index in [1.54, 1.807) is 12.1 Å². The summed E-state index contributed by atoms with van der Waals surface area (Å²) in [7, 11) is 2.39. The number of Topliss-reactive ketones (excluding diaryl/α,β-unsaturated/α-hetero) is 2. The van der Waals surface area contributed by atoms with Crippen molar-refractivity contribution in [2.24, 2.45) is 0 Å². The van der Waals surface area contributed by atoms with E-state index in [1.807, 2.05) is 0 Å². The van der Waals surface area contributed by atoms with Crippen LogP contribution in [0.4, 0.5) is 28.9 Å². The number of carboxylic acids is 1. The molecule has 0 aromatic heterocycles. The molecule has 279 valence electrons. The Kier molecular flexibility index (Phi) is 24.0. The standard InChI is InChI=1S/C17H13F2NO3.C9H7FO3.C8H8FNO2.3CH4.B.Na.H/c1-23-17(22)12-6-11(19)7-14-16(12)15(21)8-13(20-14)9-2-4-10(18)5-3-9;10-7-3-1-6(2-4-7)8(11)5-9(12)13;1-12-8(11)5-2-6(9)4-7(10)3-5;;;;;;/h2-7,13,20H,8H2,1H3;1-4H,5H2,(H,12,13);2-4H,10H2,1H3;3*1H4;;;/q;;;;;;;+1;-1. The molecule has 1 heterocycles. The molecule has 0 spiro atoms. The van der Waals surface area contributed by atoms with Gasteiger partial charge in [0.25, 0.3) is 0 Å². The fourth-order valence-corrected chi connectivity index (χ4v) is 4.44. The molecule has 5 rings (SSSR count). The van der Waals surface area contributed by atoms with E-state index in [-0.39, 0.29) is 113 Å². The number of anilines is 2. The SMILES string of the molecule is C.C.C.COC(=O)c1cc(F)cc2c1C(=O)CC(c1ccc(F)cc1)N2.COC(=O)c1cc(N)cc(F)c1.O=C(O)CC(=O)c1ccc(F)cc1.[B].[H-].[Na+]. The molecule has 53 heavy (non-hydrogen) atoms. The van der Waals surface area contributed by atoms with Gasteiger partial charge >= 0.3 is 47.5 Å². The van der Waals surface area contributed by atoms with Gasteiger partial charge in [0.15, 0.2) is 11.6 Å². The molecule has 10 nitrogen and oxygen atoms in total. The third-order valence-electron chi connectivity index (χ3n) is 6.60. The van der Waals surface area contributed by atoms with Crippen molar-refractivity contribution in [1.82, 2.24) is 0 Å². The molecule has 0 bridgehead atoms. The van der Waals surface area contributed by atoms with Crippen molar-refractivity contribution < 1.29 is 87.1 Å². The van der Waals surface area contributed by atoms with Crippen molar-refractivity contribution in [3.05, 3.63) is 130 Å². The van der Waals surface area contributed by atoms with Crippen LogP contribution in [0.2, 0.25) is 0 Å². The topological polar surface area (TPSA) is 162 Å². The van der Waals surface area contributed by atoms with Crippen LogP contribution in [0.15, 0.2) is 78.9 Å². The summed E-state index contributed by atoms with van der Waals surface area (Å²) in [6.07, 6.45) is -0.486. The molecule has 0 aliphatic carbocycles. The zero-order valence-electron chi connectivity index (χ0n) is 28.0. The zero-order chi connectivity index (χ0) is 35.5. The number of rotatable bonds is 6. The number of hydrogen-bond acceptors (Lipinski definition) is 9. The maximum absolute atomic E-state index is 13.8. The van der Waals surface area contributed by atoms with Crippen molar-refractivity contribution in [2.45, 2.75) is 41.2 Å². The molecule has 3 radical (unpaired) electrons. The number of carbonyl (C=O) groups is 5. The number of aliphatic carboxylic acids is 1. The second-order valence-electron chi connectivity index (χ2n) is 10.0. The molecule has 16 heteroatoms. The second-order valence-corrected chi connectivity index (χ2v) is 10.0. The summed E-state index contributed by atoms with van der Waals surface area (Å²) in [5.74, 6) is -5.39. The molecule has 0 amide bonds. The number of hydrogen-bond donors (Lipinski definition) is 3. The number of carboxylic acid groups (broad SMARTS) is 1. The van der Waals surface area contributed by atoms with Gasteiger partial charge < -0.3 is 27.1 Å². The van der Waals surface area contributed by atoms with E-state index in [0.717, 1.165) is 36.4 Å². The second kappa shape index (κ2) is 24.3. The summed E-state index contributed by atoms with van der Waals surface area (Å²) in [4.78, 5) is 56.3. The Labute approximate surface area is 331 Å². The predicted molar refractivity (Wildman–Crippen MR) is 192 cm³/mol. The average molecular weight is 752 g/mol. The largest absolute Gasteiger partial charge is 1.00 e. The molecular weight excluding hydrogens is 710 g/mol. The zero-order valence-corrected chi connectivity index (χ0v) is 29.0. The van der Waals surface area contributed by atoms with Gasteiger partial charge in [-0.2, -0.15) is 0 Å². The van der Waals surface area contributed by atoms with Gasteiger partial charge in [0.05, 0.1) is 37.0 Å². The van der Waals surface area contributed by atoms with Crippen LogP contribution >= 0.6 is 0 Å². The van der Waals surface area contributed by atoms with E-state index in [1.165, 1.54) is 44.6 Å². The smallest absolute Gasteiger partial charge is 1.00 e. The number of methoxy groups -OCH3 is 2. The summed E-state index contributed by atoms with van der Waals surface area (Å²) in [5.41, 5.74) is 6.80. The summed E-state index contributed by atoms with van der Waals surface area (Å²) in [6, 6.07) is 15.8. The Morgan fingerprint density at radius 1 is 0.774 bits per heavy atom. The Morgan fingerprint density at radius 3 is 1.77 bits per heavy atom. The number of ether oxygens (including phenoxy) is 2. The van der Waals surface area contributed by atoms with Gasteiger partial charge in [-0.1, -0.05) is 34.4 Å². The number of nitrogen functional groups attached to an aromatic ring is 1. The van der Waals surface area contributed by atoms with Crippen LogP contribution in [-0.4, -0.2) is 57.2 Å². The number of carbonyl (C=O) groups excluding carboxylic acids is 4. The first kappa shape index (κ1) is 52.4. The molecule has 4 N–H and O–H groups in total. The maximum atomic E-state index is 13.8. The minimum atomic E-state index is -1.19. The van der Waals surface area contributed by atoms with Crippen molar-refractivity contribution in [1.29, 1.82) is 0 Å². The van der Waals surface area contributed by atoms with E-state index >= 15 is 0 Å². The molecule has 4 aromatic carbocycles. The van der Waals surface area contributed by atoms with Crippen LogP contribution in [0, 0.1) is 23.3 Å². The van der Waals surface area contributed by atoms with Crippen LogP contribution in [0.5, 0.6) is 0 Å². The number of nitrogens with two attached hydrogens (primary N) is 1. The molecule has 4 aromatic rings. The van der Waals surface area contributed by atoms with Crippen LogP contribution in [0.3, 0.4) is 0 Å². The number of halogens is 4. The number of fused-ring (bicyclic) bond motifs is 1. The average Bonchev–Trinajstić information content (AvgIpc) is 3.03. The fourth-order valence-electron chi connectivity index (χ4n) is 4.44. The monoisotopic (exact) mass is 751 g/mol. The van der Waals surface area contributed by atoms with Gasteiger partial charge in [0.1, 0.15) is 29.7 Å². The first-order valence-corrected chi connectivity index (χ1v) is 13.8. The Morgan fingerprint density at radius 2 is 1.28 bits per heavy atom. The summed E-state index contributed by atoms with van der Waals surface area (Å²) in [6.45, 7) is 0. The molecule has 1 aliphatic rings. The number of nitrogens with one attached hydrogen (secondary N) is 1. The molecule has 0 saturated heterocycles. The molecular formula is C37H41BF4N2NaO8. The maximum Gasteiger partial charge on any atom is 1.00 e. The van der Waals surface area contributed by atoms with Crippen molar-refractivity contribution in [2.75, 3.05) is 25.3 Å². The Bertz CT molecular complexity index is 1830. The molecule has 1 atom stereocenters. The van der Waals surface area contributed by atoms with Gasteiger partial charge in [0.2, 0.25) is 0 Å². The summed E-state index contributed by atoms with van der Waals surface area (Å²) in [5, 5.41) is 11.3. The predicted octanol–water partition coefficient (Wildman–Crippen LogP) is 4.81. The van der Waals surface area contributed by atoms with Crippen LogP contribution in [0.25, 0.3) is 0 Å². The Hall–Kier alpha value is -4.99. The molecule has 1 aliphatic heterocycles. The quantitative estimate of drug-likeness (QED) is 0.0623. The van der Waals surface area contributed by atoms with Crippen molar-refractivity contribution in [3.8, 4) is 0 Å². The molecule has 0 saturated carbocycles. The van der Waals surface area contributed by atoms with Gasteiger partial charge in [-0.25, -0.2) is 27.2 Å². The molecule has 0 fully saturated rings. The van der Waals surface area contributed by atoms with E-state index in [2.05, 4.69) is 14.8 Å². The van der Waals surface area contributed by atoms with E-state index in [0.29, 0.717) is 5.56 Å². The third-order valence-corrected chi connectivity index (χ3v) is 6.60. The van der Waals surface area contributed by atoms with Gasteiger partial charge in [-0.3, -0.25) is 14.4 Å². The molecule has 1 unspecified atom stereocenters. The van der Waals surface area contributed by atoms with E-state index < -0.39 is 53.6 Å². The van der Waals surface area contributed by atoms with Crippen LogP contribution in [-0.2, 0) is 14.3 Å². The van der Waals surface area contributed by atoms with Crippen molar-refractivity contribution in [3.63, 3.8) is 0 Å². The normalized spacial score (nSPS) is 11.7. The first-order valence-electron chi connectivity index (χ1n) is 13.8. The number of ketones is 2. The fraction of sp³-hybridized carbons (Fsp3) is 0.216. The minimum Gasteiger partial charge on any atom is -1.00 e. The number of esters is 2. The summed E-state index contributed by atoms with van der Waals surface area (Å²) >= 11 is 0. The van der Waals surface area contributed by atoms with Crippen LogP contribution in [0.1, 0.15) is 89.6 Å². The van der Waals surface area contributed by atoms with Gasteiger partial charge in [0, 0.05) is 31.8 Å². The third kappa shape index (κ3) is 15.3. The first-order chi connectivity index (χ1) is 22.7. The minimum absolute atomic E-state index is 0.